The Labute approximate surface area is 81.4 Å². The molecule has 0 N–H and O–H groups in total. The number of halogens is 1. The van der Waals surface area contributed by atoms with Crippen molar-refractivity contribution in [3.63, 3.8) is 0 Å². The van der Waals surface area contributed by atoms with Crippen molar-refractivity contribution >= 4 is 11.6 Å². The third-order valence-electron chi connectivity index (χ3n) is 1.59. The van der Waals surface area contributed by atoms with Gasteiger partial charge < -0.3 is 9.47 Å². The predicted molar refractivity (Wildman–Crippen MR) is 49.3 cm³/mol. The van der Waals surface area contributed by atoms with Crippen LogP contribution in [-0.4, -0.2) is 14.2 Å². The molecule has 1 aromatic rings. The van der Waals surface area contributed by atoms with E-state index >= 15 is 0 Å². The van der Waals surface area contributed by atoms with Crippen LogP contribution in [0.2, 0.25) is 5.02 Å². The Hall–Kier alpha value is -1.40. The lowest BCUT2D eigenvalue weighted by molar-refractivity contribution is 0.354. The zero-order chi connectivity index (χ0) is 9.84. The second-order valence-electron chi connectivity index (χ2n) is 2.27. The fourth-order valence-electron chi connectivity index (χ4n) is 1.02. The first-order valence-corrected chi connectivity index (χ1v) is 3.93. The van der Waals surface area contributed by atoms with E-state index in [2.05, 4.69) is 0 Å². The van der Waals surface area contributed by atoms with Crippen LogP contribution in [0, 0.1) is 11.3 Å². The van der Waals surface area contributed by atoms with Crippen molar-refractivity contribution in [1.82, 2.24) is 0 Å². The van der Waals surface area contributed by atoms with E-state index in [1.54, 1.807) is 12.1 Å². The summed E-state index contributed by atoms with van der Waals surface area (Å²) in [6.07, 6.45) is 0. The van der Waals surface area contributed by atoms with Gasteiger partial charge in [-0.05, 0) is 12.1 Å². The predicted octanol–water partition coefficient (Wildman–Crippen LogP) is 2.23. The number of hydrogen-bond donors (Lipinski definition) is 0. The molecule has 0 unspecified atom stereocenters. The molecule has 0 radical (unpaired) electrons. The summed E-state index contributed by atoms with van der Waals surface area (Å²) in [4.78, 5) is 0. The molecule has 0 aliphatic carbocycles. The maximum absolute atomic E-state index is 8.73. The highest BCUT2D eigenvalue weighted by Gasteiger charge is 2.12. The smallest absolute Gasteiger partial charge is 0.180 e. The first-order chi connectivity index (χ1) is 6.24. The minimum atomic E-state index is 0.373. The van der Waals surface area contributed by atoms with Gasteiger partial charge in [-0.2, -0.15) is 5.26 Å². The largest absolute Gasteiger partial charge is 0.492 e. The molecule has 0 amide bonds. The summed E-state index contributed by atoms with van der Waals surface area (Å²) in [6.45, 7) is 0. The summed E-state index contributed by atoms with van der Waals surface area (Å²) in [5.74, 6) is 0.765. The zero-order valence-corrected chi connectivity index (χ0v) is 8.05. The molecule has 1 rings (SSSR count). The molecule has 0 saturated carbocycles. The Bertz CT molecular complexity index is 357. The minimum absolute atomic E-state index is 0.373. The molecule has 0 aromatic heterocycles. The van der Waals surface area contributed by atoms with Gasteiger partial charge in [-0.1, -0.05) is 11.6 Å². The standard InChI is InChI=1S/C9H8ClNO2/c1-12-8-6(5-11)3-4-7(10)9(8)13-2/h3-4H,1-2H3. The molecule has 0 bridgehead atoms. The number of methoxy groups -OCH3 is 2. The minimum Gasteiger partial charge on any atom is -0.492 e. The van der Waals surface area contributed by atoms with E-state index in [1.165, 1.54) is 14.2 Å². The molecule has 0 saturated heterocycles. The summed E-state index contributed by atoms with van der Waals surface area (Å²) in [7, 11) is 2.94. The maximum Gasteiger partial charge on any atom is 0.180 e. The Kier molecular flexibility index (Phi) is 2.99. The van der Waals surface area contributed by atoms with Crippen LogP contribution in [0.3, 0.4) is 0 Å². The van der Waals surface area contributed by atoms with Crippen LogP contribution >= 0.6 is 11.6 Å². The highest BCUT2D eigenvalue weighted by molar-refractivity contribution is 6.32. The van der Waals surface area contributed by atoms with Crippen molar-refractivity contribution in [2.45, 2.75) is 0 Å². The van der Waals surface area contributed by atoms with Crippen molar-refractivity contribution in [3.05, 3.63) is 22.7 Å². The molecule has 0 heterocycles. The third-order valence-corrected chi connectivity index (χ3v) is 1.89. The van der Waals surface area contributed by atoms with E-state index in [0.29, 0.717) is 22.1 Å². The number of benzene rings is 1. The van der Waals surface area contributed by atoms with Crippen LogP contribution in [-0.2, 0) is 0 Å². The van der Waals surface area contributed by atoms with Crippen molar-refractivity contribution in [1.29, 1.82) is 5.26 Å². The Morgan fingerprint density at radius 3 is 2.31 bits per heavy atom. The molecule has 3 nitrogen and oxygen atoms in total. The fourth-order valence-corrected chi connectivity index (χ4v) is 1.25. The second-order valence-corrected chi connectivity index (χ2v) is 2.68. The average molecular weight is 198 g/mol. The van der Waals surface area contributed by atoms with Crippen molar-refractivity contribution in [3.8, 4) is 17.6 Å². The summed E-state index contributed by atoms with van der Waals surface area (Å²) in [6, 6.07) is 5.17. The summed E-state index contributed by atoms with van der Waals surface area (Å²) >= 11 is 5.82. The lowest BCUT2D eigenvalue weighted by atomic mass is 10.2. The summed E-state index contributed by atoms with van der Waals surface area (Å²) in [5, 5.41) is 9.16. The van der Waals surface area contributed by atoms with E-state index in [1.807, 2.05) is 6.07 Å². The lowest BCUT2D eigenvalue weighted by Gasteiger charge is -2.09. The molecule has 68 valence electrons. The van der Waals surface area contributed by atoms with E-state index in [9.17, 15) is 0 Å². The van der Waals surface area contributed by atoms with Gasteiger partial charge in [0.05, 0.1) is 24.8 Å². The molecule has 0 aliphatic rings. The van der Waals surface area contributed by atoms with E-state index in [4.69, 9.17) is 26.3 Å². The van der Waals surface area contributed by atoms with Crippen LogP contribution < -0.4 is 9.47 Å². The van der Waals surface area contributed by atoms with Crippen LogP contribution in [0.25, 0.3) is 0 Å². The van der Waals surface area contributed by atoms with E-state index in [0.717, 1.165) is 0 Å². The molecule has 13 heavy (non-hydrogen) atoms. The number of hydrogen-bond acceptors (Lipinski definition) is 3. The van der Waals surface area contributed by atoms with Gasteiger partial charge in [0, 0.05) is 0 Å². The molecular formula is C9H8ClNO2. The number of ether oxygens (including phenoxy) is 2. The number of nitriles is 1. The van der Waals surface area contributed by atoms with Gasteiger partial charge in [0.15, 0.2) is 11.5 Å². The summed E-state index contributed by atoms with van der Waals surface area (Å²) in [5.41, 5.74) is 0.406. The second kappa shape index (κ2) is 4.01. The fraction of sp³-hybridized carbons (Fsp3) is 0.222. The molecule has 0 aliphatic heterocycles. The highest BCUT2D eigenvalue weighted by Crippen LogP contribution is 2.37. The zero-order valence-electron chi connectivity index (χ0n) is 7.30. The van der Waals surface area contributed by atoms with Gasteiger partial charge >= 0.3 is 0 Å². The molecule has 0 fully saturated rings. The van der Waals surface area contributed by atoms with Crippen LogP contribution in [0.1, 0.15) is 5.56 Å². The SMILES string of the molecule is COc1c(Cl)ccc(C#N)c1OC. The maximum atomic E-state index is 8.73. The van der Waals surface area contributed by atoms with Crippen molar-refractivity contribution in [2.24, 2.45) is 0 Å². The van der Waals surface area contributed by atoms with Gasteiger partial charge in [-0.15, -0.1) is 0 Å². The molecule has 4 heteroatoms. The molecule has 0 spiro atoms. The van der Waals surface area contributed by atoms with Crippen molar-refractivity contribution < 1.29 is 9.47 Å². The van der Waals surface area contributed by atoms with E-state index in [-0.39, 0.29) is 0 Å². The summed E-state index contributed by atoms with van der Waals surface area (Å²) < 4.78 is 10.0. The van der Waals surface area contributed by atoms with Crippen LogP contribution in [0.5, 0.6) is 11.5 Å². The first kappa shape index (κ1) is 9.69. The monoisotopic (exact) mass is 197 g/mol. The van der Waals surface area contributed by atoms with Crippen molar-refractivity contribution in [2.75, 3.05) is 14.2 Å². The number of nitrogens with zero attached hydrogens (tertiary/aromatic N) is 1. The Morgan fingerprint density at radius 2 is 1.85 bits per heavy atom. The van der Waals surface area contributed by atoms with Gasteiger partial charge in [0.1, 0.15) is 6.07 Å². The average Bonchev–Trinajstić information content (AvgIpc) is 2.17. The normalized spacial score (nSPS) is 9.08. The molecular weight excluding hydrogens is 190 g/mol. The molecule has 1 aromatic carbocycles. The van der Waals surface area contributed by atoms with Gasteiger partial charge in [-0.25, -0.2) is 0 Å². The lowest BCUT2D eigenvalue weighted by Crippen LogP contribution is -1.94. The third kappa shape index (κ3) is 1.68. The highest BCUT2D eigenvalue weighted by atomic mass is 35.5. The Morgan fingerprint density at radius 1 is 1.23 bits per heavy atom. The topological polar surface area (TPSA) is 42.2 Å². The molecule has 0 atom stereocenters. The van der Waals surface area contributed by atoms with E-state index < -0.39 is 0 Å². The first-order valence-electron chi connectivity index (χ1n) is 3.55. The van der Waals surface area contributed by atoms with Crippen LogP contribution in [0.15, 0.2) is 12.1 Å². The quantitative estimate of drug-likeness (QED) is 0.730. The van der Waals surface area contributed by atoms with Crippen LogP contribution in [0.4, 0.5) is 0 Å². The number of rotatable bonds is 2. The van der Waals surface area contributed by atoms with Gasteiger partial charge in [0.2, 0.25) is 0 Å². The van der Waals surface area contributed by atoms with Gasteiger partial charge in [0.25, 0.3) is 0 Å². The van der Waals surface area contributed by atoms with Gasteiger partial charge in [-0.3, -0.25) is 0 Å². The Balaban J connectivity index is 3.38.